The Bertz CT molecular complexity index is 1270. The first-order valence-corrected chi connectivity index (χ1v) is 10.7. The summed E-state index contributed by atoms with van der Waals surface area (Å²) < 4.78 is 35.3. The third kappa shape index (κ3) is 4.62. The van der Waals surface area contributed by atoms with Gasteiger partial charge in [-0.25, -0.2) is 14.4 Å². The van der Waals surface area contributed by atoms with Crippen LogP contribution in [0.5, 0.6) is 11.6 Å². The SMILES string of the molecule is Cc1cc2c(F)c(Oc3ncnc(Nc4ccc(CN5CCNCC5)cn4)c3F)ccc2[nH]1. The number of fused-ring (bicyclic) bond motifs is 1. The van der Waals surface area contributed by atoms with Gasteiger partial charge in [-0.2, -0.15) is 9.37 Å². The highest BCUT2D eigenvalue weighted by atomic mass is 19.1. The molecule has 1 aliphatic rings. The number of aromatic nitrogens is 4. The van der Waals surface area contributed by atoms with Crippen LogP contribution in [0.25, 0.3) is 10.9 Å². The monoisotopic (exact) mass is 451 g/mol. The number of ether oxygens (including phenoxy) is 1. The predicted molar refractivity (Wildman–Crippen MR) is 121 cm³/mol. The Hall–Kier alpha value is -3.63. The number of aromatic amines is 1. The molecule has 0 atom stereocenters. The molecule has 1 aromatic carbocycles. The Balaban J connectivity index is 1.31. The largest absolute Gasteiger partial charge is 0.433 e. The average molecular weight is 451 g/mol. The molecule has 8 nitrogen and oxygen atoms in total. The number of hydrogen-bond donors (Lipinski definition) is 3. The van der Waals surface area contributed by atoms with E-state index in [1.54, 1.807) is 24.4 Å². The highest BCUT2D eigenvalue weighted by Gasteiger charge is 2.18. The first-order chi connectivity index (χ1) is 16.1. The zero-order valence-corrected chi connectivity index (χ0v) is 18.0. The van der Waals surface area contributed by atoms with Gasteiger partial charge >= 0.3 is 0 Å². The maximum atomic E-state index is 15.0. The summed E-state index contributed by atoms with van der Waals surface area (Å²) >= 11 is 0. The van der Waals surface area contributed by atoms with E-state index in [-0.39, 0.29) is 17.4 Å². The van der Waals surface area contributed by atoms with Crippen LogP contribution in [0.4, 0.5) is 20.4 Å². The molecule has 1 saturated heterocycles. The number of nitrogens with one attached hydrogen (secondary N) is 3. The van der Waals surface area contributed by atoms with Gasteiger partial charge in [0.1, 0.15) is 12.1 Å². The second-order valence-corrected chi connectivity index (χ2v) is 7.94. The van der Waals surface area contributed by atoms with E-state index in [9.17, 15) is 4.39 Å². The van der Waals surface area contributed by atoms with E-state index in [1.807, 2.05) is 13.0 Å². The molecule has 0 spiro atoms. The van der Waals surface area contributed by atoms with Crippen LogP contribution >= 0.6 is 0 Å². The summed E-state index contributed by atoms with van der Waals surface area (Å²) in [6, 6.07) is 8.48. The van der Waals surface area contributed by atoms with Gasteiger partial charge in [0.2, 0.25) is 5.82 Å². The fourth-order valence-corrected chi connectivity index (χ4v) is 3.82. The van der Waals surface area contributed by atoms with Gasteiger partial charge in [0.25, 0.3) is 5.88 Å². The van der Waals surface area contributed by atoms with Gasteiger partial charge in [-0.05, 0) is 36.8 Å². The number of aryl methyl sites for hydroxylation is 1. The number of hydrogen-bond acceptors (Lipinski definition) is 7. The van der Waals surface area contributed by atoms with Crippen LogP contribution in [-0.2, 0) is 6.54 Å². The molecule has 1 aliphatic heterocycles. The Labute approximate surface area is 189 Å². The molecule has 0 amide bonds. The van der Waals surface area contributed by atoms with E-state index in [0.717, 1.165) is 50.3 Å². The van der Waals surface area contributed by atoms with Crippen molar-refractivity contribution in [3.05, 3.63) is 65.7 Å². The highest BCUT2D eigenvalue weighted by Crippen LogP contribution is 2.32. The number of H-pyrrole nitrogens is 1. The van der Waals surface area contributed by atoms with E-state index < -0.39 is 11.6 Å². The minimum absolute atomic E-state index is 0.110. The Kier molecular flexibility index (Phi) is 5.84. The average Bonchev–Trinajstić information content (AvgIpc) is 3.21. The van der Waals surface area contributed by atoms with Crippen LogP contribution in [-0.4, -0.2) is 51.0 Å². The molecule has 5 rings (SSSR count). The van der Waals surface area contributed by atoms with Crippen LogP contribution in [0.1, 0.15) is 11.3 Å². The molecule has 0 bridgehead atoms. The first kappa shape index (κ1) is 21.2. The number of rotatable bonds is 6. The highest BCUT2D eigenvalue weighted by molar-refractivity contribution is 5.82. The van der Waals surface area contributed by atoms with Gasteiger partial charge < -0.3 is 20.4 Å². The molecular formula is C23H23F2N7O. The molecule has 0 saturated carbocycles. The van der Waals surface area contributed by atoms with E-state index in [2.05, 4.69) is 35.5 Å². The van der Waals surface area contributed by atoms with E-state index in [0.29, 0.717) is 16.7 Å². The number of halogens is 2. The van der Waals surface area contributed by atoms with Gasteiger partial charge in [0, 0.05) is 55.5 Å². The topological polar surface area (TPSA) is 91.0 Å². The Morgan fingerprint density at radius 3 is 2.70 bits per heavy atom. The summed E-state index contributed by atoms with van der Waals surface area (Å²) in [7, 11) is 0. The molecule has 0 radical (unpaired) electrons. The van der Waals surface area contributed by atoms with Crippen molar-refractivity contribution < 1.29 is 13.5 Å². The van der Waals surface area contributed by atoms with Crippen LogP contribution in [0.15, 0.2) is 42.9 Å². The molecule has 4 heterocycles. The van der Waals surface area contributed by atoms with Crippen LogP contribution < -0.4 is 15.4 Å². The third-order valence-corrected chi connectivity index (χ3v) is 5.49. The Morgan fingerprint density at radius 2 is 1.91 bits per heavy atom. The quantitative estimate of drug-likeness (QED) is 0.410. The van der Waals surface area contributed by atoms with Crippen molar-refractivity contribution >= 4 is 22.5 Å². The van der Waals surface area contributed by atoms with Gasteiger partial charge in [-0.1, -0.05) is 6.07 Å². The summed E-state index contributed by atoms with van der Waals surface area (Å²) in [4.78, 5) is 17.5. The Morgan fingerprint density at radius 1 is 1.06 bits per heavy atom. The zero-order chi connectivity index (χ0) is 22.8. The number of pyridine rings is 1. The third-order valence-electron chi connectivity index (χ3n) is 5.49. The minimum Gasteiger partial charge on any atom is -0.433 e. The van der Waals surface area contributed by atoms with Crippen LogP contribution in [0, 0.1) is 18.6 Å². The number of piperazine rings is 1. The standard InChI is InChI=1S/C23H23F2N7O/c1-14-10-16-17(30-14)3-4-18(20(16)24)33-23-21(25)22(28-13-29-23)31-19-5-2-15(11-27-19)12-32-8-6-26-7-9-32/h2-5,10-11,13,26,30H,6-9,12H2,1H3,(H,27,28,29,31). The first-order valence-electron chi connectivity index (χ1n) is 10.7. The predicted octanol–water partition coefficient (Wildman–Crippen LogP) is 3.88. The molecule has 10 heteroatoms. The minimum atomic E-state index is -0.839. The van der Waals surface area contributed by atoms with Crippen LogP contribution in [0.3, 0.4) is 0 Å². The van der Waals surface area contributed by atoms with Crippen molar-refractivity contribution in [1.82, 2.24) is 30.2 Å². The summed E-state index contributed by atoms with van der Waals surface area (Å²) in [5, 5.41) is 6.53. The van der Waals surface area contributed by atoms with Crippen molar-refractivity contribution in [3.63, 3.8) is 0 Å². The molecule has 1 fully saturated rings. The number of anilines is 2. The molecule has 0 unspecified atom stereocenters. The summed E-state index contributed by atoms with van der Waals surface area (Å²) in [5.74, 6) is -1.62. The summed E-state index contributed by atoms with van der Waals surface area (Å²) in [5.41, 5.74) is 2.52. The van der Waals surface area contributed by atoms with Crippen molar-refractivity contribution in [3.8, 4) is 11.6 Å². The van der Waals surface area contributed by atoms with Crippen molar-refractivity contribution in [2.24, 2.45) is 0 Å². The van der Waals surface area contributed by atoms with Crippen molar-refractivity contribution in [2.45, 2.75) is 13.5 Å². The number of nitrogens with zero attached hydrogens (tertiary/aromatic N) is 4. The van der Waals surface area contributed by atoms with E-state index in [4.69, 9.17) is 4.74 Å². The molecular weight excluding hydrogens is 428 g/mol. The molecule has 3 N–H and O–H groups in total. The van der Waals surface area contributed by atoms with Crippen molar-refractivity contribution in [2.75, 3.05) is 31.5 Å². The summed E-state index contributed by atoms with van der Waals surface area (Å²) in [6.45, 7) is 6.58. The van der Waals surface area contributed by atoms with Gasteiger partial charge in [-0.3, -0.25) is 4.90 Å². The molecule has 4 aromatic rings. The van der Waals surface area contributed by atoms with E-state index in [1.165, 1.54) is 6.07 Å². The van der Waals surface area contributed by atoms with Gasteiger partial charge in [0.05, 0.1) is 0 Å². The second kappa shape index (κ2) is 9.08. The smallest absolute Gasteiger partial charge is 0.261 e. The second-order valence-electron chi connectivity index (χ2n) is 7.94. The molecule has 33 heavy (non-hydrogen) atoms. The lowest BCUT2D eigenvalue weighted by Gasteiger charge is -2.27. The lowest BCUT2D eigenvalue weighted by molar-refractivity contribution is 0.233. The maximum absolute atomic E-state index is 15.0. The lowest BCUT2D eigenvalue weighted by Crippen LogP contribution is -2.42. The molecule has 3 aromatic heterocycles. The zero-order valence-electron chi connectivity index (χ0n) is 18.0. The van der Waals surface area contributed by atoms with Gasteiger partial charge in [0.15, 0.2) is 17.4 Å². The lowest BCUT2D eigenvalue weighted by atomic mass is 10.2. The van der Waals surface area contributed by atoms with Crippen molar-refractivity contribution in [1.29, 1.82) is 0 Å². The maximum Gasteiger partial charge on any atom is 0.261 e. The fraction of sp³-hybridized carbons (Fsp3) is 0.261. The molecule has 0 aliphatic carbocycles. The molecule has 170 valence electrons. The fourth-order valence-electron chi connectivity index (χ4n) is 3.82. The van der Waals surface area contributed by atoms with E-state index >= 15 is 4.39 Å². The van der Waals surface area contributed by atoms with Gasteiger partial charge in [-0.15, -0.1) is 0 Å². The normalized spacial score (nSPS) is 14.5. The van der Waals surface area contributed by atoms with Crippen LogP contribution in [0.2, 0.25) is 0 Å². The summed E-state index contributed by atoms with van der Waals surface area (Å²) in [6.07, 6.45) is 2.90. The number of benzene rings is 1.